The number of carbonyl (C=O) groups excluding carboxylic acids is 2. The molecule has 0 heterocycles. The van der Waals surface area contributed by atoms with Gasteiger partial charge in [-0.15, -0.1) is 0 Å². The van der Waals surface area contributed by atoms with Crippen LogP contribution in [0, 0.1) is 11.7 Å². The Morgan fingerprint density at radius 1 is 1.22 bits per heavy atom. The number of rotatable bonds is 9. The topological polar surface area (TPSA) is 67.4 Å². The molecule has 0 fully saturated rings. The van der Waals surface area contributed by atoms with E-state index in [4.69, 9.17) is 4.74 Å². The van der Waals surface area contributed by atoms with E-state index in [0.29, 0.717) is 25.3 Å². The summed E-state index contributed by atoms with van der Waals surface area (Å²) >= 11 is 0. The predicted molar refractivity (Wildman–Crippen MR) is 86.6 cm³/mol. The SMILES string of the molecule is CCOCCCNC(=O)[C@@H](NC(=O)c1ccc(F)cc1)C(C)C. The van der Waals surface area contributed by atoms with Gasteiger partial charge in [0.25, 0.3) is 5.91 Å². The van der Waals surface area contributed by atoms with Gasteiger partial charge >= 0.3 is 0 Å². The Kier molecular flexibility index (Phi) is 8.26. The predicted octanol–water partition coefficient (Wildman–Crippen LogP) is 2.12. The van der Waals surface area contributed by atoms with Crippen LogP contribution in [0.3, 0.4) is 0 Å². The maximum absolute atomic E-state index is 12.9. The van der Waals surface area contributed by atoms with Crippen molar-refractivity contribution >= 4 is 11.8 Å². The first-order valence-electron chi connectivity index (χ1n) is 7.87. The van der Waals surface area contributed by atoms with Crippen molar-refractivity contribution < 1.29 is 18.7 Å². The van der Waals surface area contributed by atoms with E-state index in [1.807, 2.05) is 20.8 Å². The van der Waals surface area contributed by atoms with Gasteiger partial charge in [-0.05, 0) is 43.5 Å². The summed E-state index contributed by atoms with van der Waals surface area (Å²) in [6.45, 7) is 7.36. The largest absolute Gasteiger partial charge is 0.382 e. The molecule has 2 amide bonds. The van der Waals surface area contributed by atoms with Crippen LogP contribution in [0.2, 0.25) is 0 Å². The lowest BCUT2D eigenvalue weighted by molar-refractivity contribution is -0.124. The molecule has 0 spiro atoms. The Labute approximate surface area is 136 Å². The fourth-order valence-corrected chi connectivity index (χ4v) is 2.00. The molecule has 2 N–H and O–H groups in total. The summed E-state index contributed by atoms with van der Waals surface area (Å²) < 4.78 is 18.1. The fraction of sp³-hybridized carbons (Fsp3) is 0.529. The van der Waals surface area contributed by atoms with E-state index in [0.717, 1.165) is 6.42 Å². The first-order valence-corrected chi connectivity index (χ1v) is 7.87. The monoisotopic (exact) mass is 324 g/mol. The van der Waals surface area contributed by atoms with Crippen LogP contribution in [0.15, 0.2) is 24.3 Å². The van der Waals surface area contributed by atoms with Crippen LogP contribution in [-0.2, 0) is 9.53 Å². The molecule has 128 valence electrons. The molecule has 1 rings (SSSR count). The Hall–Kier alpha value is -1.95. The lowest BCUT2D eigenvalue weighted by Gasteiger charge is -2.21. The summed E-state index contributed by atoms with van der Waals surface area (Å²) in [4.78, 5) is 24.4. The molecule has 0 aliphatic rings. The molecule has 0 radical (unpaired) electrons. The van der Waals surface area contributed by atoms with E-state index in [9.17, 15) is 14.0 Å². The minimum atomic E-state index is -0.639. The zero-order valence-electron chi connectivity index (χ0n) is 13.9. The lowest BCUT2D eigenvalue weighted by atomic mass is 10.0. The summed E-state index contributed by atoms with van der Waals surface area (Å²) in [5.74, 6) is -1.10. The molecule has 1 aromatic rings. The quantitative estimate of drug-likeness (QED) is 0.684. The standard InChI is InChI=1S/C17H25FN2O3/c1-4-23-11-5-10-19-17(22)15(12(2)3)20-16(21)13-6-8-14(18)9-7-13/h6-9,12,15H,4-5,10-11H2,1-3H3,(H,19,22)(H,20,21)/t15-/m0/s1. The highest BCUT2D eigenvalue weighted by molar-refractivity contribution is 5.97. The molecule has 0 aliphatic heterocycles. The zero-order valence-corrected chi connectivity index (χ0v) is 13.9. The van der Waals surface area contributed by atoms with Gasteiger partial charge in [-0.3, -0.25) is 9.59 Å². The molecule has 1 aromatic carbocycles. The second-order valence-electron chi connectivity index (χ2n) is 5.54. The van der Waals surface area contributed by atoms with Gasteiger partial charge in [0.15, 0.2) is 0 Å². The second-order valence-corrected chi connectivity index (χ2v) is 5.54. The maximum atomic E-state index is 12.9. The summed E-state index contributed by atoms with van der Waals surface area (Å²) in [7, 11) is 0. The molecule has 6 heteroatoms. The third kappa shape index (κ3) is 6.78. The molecule has 0 bridgehead atoms. The molecule has 5 nitrogen and oxygen atoms in total. The first kappa shape index (κ1) is 19.1. The average Bonchev–Trinajstić information content (AvgIpc) is 2.52. The van der Waals surface area contributed by atoms with Crippen molar-refractivity contribution in [2.75, 3.05) is 19.8 Å². The van der Waals surface area contributed by atoms with Crippen LogP contribution >= 0.6 is 0 Å². The van der Waals surface area contributed by atoms with Crippen molar-refractivity contribution in [3.63, 3.8) is 0 Å². The molecule has 23 heavy (non-hydrogen) atoms. The van der Waals surface area contributed by atoms with Crippen LogP contribution in [-0.4, -0.2) is 37.6 Å². The summed E-state index contributed by atoms with van der Waals surface area (Å²) in [6, 6.07) is 4.57. The minimum absolute atomic E-state index is 0.0636. The molecule has 0 aliphatic carbocycles. The van der Waals surface area contributed by atoms with Gasteiger partial charge in [-0.25, -0.2) is 4.39 Å². The number of hydrogen-bond donors (Lipinski definition) is 2. The van der Waals surface area contributed by atoms with Gasteiger partial charge in [0.05, 0.1) is 0 Å². The summed E-state index contributed by atoms with van der Waals surface area (Å²) in [5, 5.41) is 5.49. The van der Waals surface area contributed by atoms with Crippen molar-refractivity contribution in [1.29, 1.82) is 0 Å². The van der Waals surface area contributed by atoms with E-state index in [1.54, 1.807) is 0 Å². The minimum Gasteiger partial charge on any atom is -0.382 e. The Morgan fingerprint density at radius 2 is 1.87 bits per heavy atom. The Bertz CT molecular complexity index is 503. The van der Waals surface area contributed by atoms with Gasteiger partial charge in [-0.1, -0.05) is 13.8 Å². The van der Waals surface area contributed by atoms with Crippen LogP contribution < -0.4 is 10.6 Å². The smallest absolute Gasteiger partial charge is 0.251 e. The van der Waals surface area contributed by atoms with Crippen molar-refractivity contribution in [2.45, 2.75) is 33.2 Å². The molecular formula is C17H25FN2O3. The lowest BCUT2D eigenvalue weighted by Crippen LogP contribution is -2.50. The Morgan fingerprint density at radius 3 is 2.43 bits per heavy atom. The van der Waals surface area contributed by atoms with E-state index in [-0.39, 0.29) is 11.8 Å². The van der Waals surface area contributed by atoms with Gasteiger partial charge in [0, 0.05) is 25.3 Å². The zero-order chi connectivity index (χ0) is 17.2. The highest BCUT2D eigenvalue weighted by atomic mass is 19.1. The van der Waals surface area contributed by atoms with Crippen molar-refractivity contribution in [2.24, 2.45) is 5.92 Å². The number of carbonyl (C=O) groups is 2. The Balaban J connectivity index is 2.55. The number of benzene rings is 1. The first-order chi connectivity index (χ1) is 11.0. The number of nitrogens with one attached hydrogen (secondary N) is 2. The van der Waals surface area contributed by atoms with E-state index in [1.165, 1.54) is 24.3 Å². The second kappa shape index (κ2) is 9.94. The molecule has 0 aromatic heterocycles. The van der Waals surface area contributed by atoms with Gasteiger partial charge < -0.3 is 15.4 Å². The summed E-state index contributed by atoms with van der Waals surface area (Å²) in [5.41, 5.74) is 0.321. The third-order valence-electron chi connectivity index (χ3n) is 3.31. The molecule has 0 unspecified atom stereocenters. The fourth-order valence-electron chi connectivity index (χ4n) is 2.00. The summed E-state index contributed by atoms with van der Waals surface area (Å²) in [6.07, 6.45) is 0.719. The van der Waals surface area contributed by atoms with Crippen LogP contribution in [0.1, 0.15) is 37.6 Å². The maximum Gasteiger partial charge on any atom is 0.251 e. The van der Waals surface area contributed by atoms with Crippen LogP contribution in [0.4, 0.5) is 4.39 Å². The highest BCUT2D eigenvalue weighted by Gasteiger charge is 2.24. The van der Waals surface area contributed by atoms with Crippen LogP contribution in [0.5, 0.6) is 0 Å². The number of amides is 2. The average molecular weight is 324 g/mol. The van der Waals surface area contributed by atoms with Gasteiger partial charge in [0.1, 0.15) is 11.9 Å². The highest BCUT2D eigenvalue weighted by Crippen LogP contribution is 2.06. The van der Waals surface area contributed by atoms with Crippen molar-refractivity contribution in [3.05, 3.63) is 35.6 Å². The number of hydrogen-bond acceptors (Lipinski definition) is 3. The van der Waals surface area contributed by atoms with E-state index in [2.05, 4.69) is 10.6 Å². The number of ether oxygens (including phenoxy) is 1. The number of halogens is 1. The van der Waals surface area contributed by atoms with Gasteiger partial charge in [0.2, 0.25) is 5.91 Å². The third-order valence-corrected chi connectivity index (χ3v) is 3.31. The van der Waals surface area contributed by atoms with E-state index >= 15 is 0 Å². The molecule has 0 saturated heterocycles. The van der Waals surface area contributed by atoms with E-state index < -0.39 is 17.8 Å². The van der Waals surface area contributed by atoms with Gasteiger partial charge in [-0.2, -0.15) is 0 Å². The molecule has 0 saturated carbocycles. The van der Waals surface area contributed by atoms with Crippen LogP contribution in [0.25, 0.3) is 0 Å². The normalized spacial score (nSPS) is 12.0. The molecule has 1 atom stereocenters. The van der Waals surface area contributed by atoms with Crippen molar-refractivity contribution in [1.82, 2.24) is 10.6 Å². The molecular weight excluding hydrogens is 299 g/mol. The van der Waals surface area contributed by atoms with Crippen molar-refractivity contribution in [3.8, 4) is 0 Å².